The average Bonchev–Trinajstić information content (AvgIpc) is 2.32. The van der Waals surface area contributed by atoms with Crippen LogP contribution >= 0.6 is 11.6 Å². The zero-order valence-electron chi connectivity index (χ0n) is 11.0. The summed E-state index contributed by atoms with van der Waals surface area (Å²) in [5.74, 6) is 0.00206. The van der Waals surface area contributed by atoms with Gasteiger partial charge in [0.25, 0.3) is 0 Å². The molecule has 2 atom stereocenters. The van der Waals surface area contributed by atoms with Crippen LogP contribution in [0.4, 0.5) is 15.8 Å². The van der Waals surface area contributed by atoms with Crippen molar-refractivity contribution in [3.63, 3.8) is 0 Å². The molecule has 0 amide bonds. The molecule has 5 heteroatoms. The van der Waals surface area contributed by atoms with Crippen molar-refractivity contribution in [3.8, 4) is 0 Å². The molecule has 2 rings (SSSR count). The van der Waals surface area contributed by atoms with Crippen molar-refractivity contribution in [1.82, 2.24) is 0 Å². The highest BCUT2D eigenvalue weighted by Crippen LogP contribution is 2.33. The number of anilines is 2. The summed E-state index contributed by atoms with van der Waals surface area (Å²) in [6.07, 6.45) is 3.69. The maximum Gasteiger partial charge on any atom is 0.143 e. The van der Waals surface area contributed by atoms with E-state index < -0.39 is 11.4 Å². The summed E-state index contributed by atoms with van der Waals surface area (Å²) >= 11 is 5.65. The van der Waals surface area contributed by atoms with Gasteiger partial charge < -0.3 is 16.2 Å². The molecule has 0 bridgehead atoms. The minimum atomic E-state index is -0.736. The lowest BCUT2D eigenvalue weighted by atomic mass is 9.79. The van der Waals surface area contributed by atoms with E-state index >= 15 is 0 Å². The van der Waals surface area contributed by atoms with Crippen molar-refractivity contribution in [2.45, 2.75) is 38.2 Å². The second kappa shape index (κ2) is 5.55. The van der Waals surface area contributed by atoms with E-state index in [9.17, 15) is 9.50 Å². The van der Waals surface area contributed by atoms with Crippen LogP contribution in [0.5, 0.6) is 0 Å². The smallest absolute Gasteiger partial charge is 0.143 e. The predicted octanol–water partition coefficient (Wildman–Crippen LogP) is 3.41. The minimum Gasteiger partial charge on any atom is -0.397 e. The first-order valence-corrected chi connectivity index (χ1v) is 6.98. The first-order valence-electron chi connectivity index (χ1n) is 6.60. The van der Waals surface area contributed by atoms with Gasteiger partial charge in [-0.1, -0.05) is 31.4 Å². The summed E-state index contributed by atoms with van der Waals surface area (Å²) in [4.78, 5) is 0. The summed E-state index contributed by atoms with van der Waals surface area (Å²) < 4.78 is 13.4. The number of halogens is 2. The fourth-order valence-electron chi connectivity index (χ4n) is 2.77. The Morgan fingerprint density at radius 1 is 1.58 bits per heavy atom. The Morgan fingerprint density at radius 2 is 2.32 bits per heavy atom. The Morgan fingerprint density at radius 3 is 3.00 bits per heavy atom. The average molecular weight is 287 g/mol. The van der Waals surface area contributed by atoms with Gasteiger partial charge >= 0.3 is 0 Å². The number of hydrogen-bond donors (Lipinski definition) is 3. The Kier molecular flexibility index (Phi) is 4.21. The fourth-order valence-corrected chi connectivity index (χ4v) is 2.94. The zero-order chi connectivity index (χ0) is 14.0. The Hall–Kier alpha value is -1.00. The summed E-state index contributed by atoms with van der Waals surface area (Å²) in [5, 5.41) is 13.5. The Balaban J connectivity index is 2.04. The van der Waals surface area contributed by atoms with Gasteiger partial charge in [0, 0.05) is 12.6 Å². The third kappa shape index (κ3) is 3.51. The number of nitrogens with one attached hydrogen (secondary N) is 1. The van der Waals surface area contributed by atoms with Gasteiger partial charge in [0.2, 0.25) is 0 Å². The van der Waals surface area contributed by atoms with E-state index in [0.29, 0.717) is 23.8 Å². The van der Waals surface area contributed by atoms with E-state index in [1.165, 1.54) is 12.1 Å². The lowest BCUT2D eigenvalue weighted by Gasteiger charge is -2.36. The van der Waals surface area contributed by atoms with Crippen LogP contribution in [0, 0.1) is 11.7 Å². The van der Waals surface area contributed by atoms with Crippen molar-refractivity contribution in [1.29, 1.82) is 0 Å². The molecule has 0 saturated heterocycles. The largest absolute Gasteiger partial charge is 0.397 e. The fraction of sp³-hybridized carbons (Fsp3) is 0.571. The van der Waals surface area contributed by atoms with Crippen molar-refractivity contribution >= 4 is 23.0 Å². The lowest BCUT2D eigenvalue weighted by molar-refractivity contribution is -0.000753. The van der Waals surface area contributed by atoms with Gasteiger partial charge in [0.15, 0.2) is 0 Å². The molecular weight excluding hydrogens is 267 g/mol. The molecule has 106 valence electrons. The van der Waals surface area contributed by atoms with Gasteiger partial charge in [-0.05, 0) is 24.8 Å². The molecule has 1 saturated carbocycles. The number of aliphatic hydroxyl groups is 1. The molecule has 2 unspecified atom stereocenters. The monoisotopic (exact) mass is 286 g/mol. The van der Waals surface area contributed by atoms with Crippen molar-refractivity contribution in [2.75, 3.05) is 17.6 Å². The normalized spacial score (nSPS) is 27.3. The van der Waals surface area contributed by atoms with Gasteiger partial charge in [-0.15, -0.1) is 0 Å². The van der Waals surface area contributed by atoms with E-state index in [2.05, 4.69) is 12.2 Å². The lowest BCUT2D eigenvalue weighted by Crippen LogP contribution is -2.41. The van der Waals surface area contributed by atoms with Crippen molar-refractivity contribution in [3.05, 3.63) is 23.0 Å². The van der Waals surface area contributed by atoms with E-state index in [1.807, 2.05) is 0 Å². The van der Waals surface area contributed by atoms with Crippen LogP contribution < -0.4 is 11.1 Å². The van der Waals surface area contributed by atoms with Crippen LogP contribution in [0.3, 0.4) is 0 Å². The van der Waals surface area contributed by atoms with Crippen molar-refractivity contribution in [2.24, 2.45) is 5.92 Å². The molecule has 1 aromatic carbocycles. The molecule has 4 N–H and O–H groups in total. The third-order valence-electron chi connectivity index (χ3n) is 3.77. The Labute approximate surface area is 117 Å². The molecule has 1 aromatic rings. The third-order valence-corrected chi connectivity index (χ3v) is 4.06. The van der Waals surface area contributed by atoms with Crippen LogP contribution in [0.1, 0.15) is 32.6 Å². The van der Waals surface area contributed by atoms with Gasteiger partial charge in [0.05, 0.1) is 22.0 Å². The first kappa shape index (κ1) is 14.4. The first-order chi connectivity index (χ1) is 8.89. The van der Waals surface area contributed by atoms with Gasteiger partial charge in [0.1, 0.15) is 5.82 Å². The zero-order valence-corrected chi connectivity index (χ0v) is 11.8. The Bertz CT molecular complexity index is 469. The van der Waals surface area contributed by atoms with E-state index in [-0.39, 0.29) is 5.02 Å². The molecule has 1 aliphatic rings. The van der Waals surface area contributed by atoms with Crippen LogP contribution in [0.2, 0.25) is 5.02 Å². The maximum atomic E-state index is 13.4. The highest BCUT2D eigenvalue weighted by atomic mass is 35.5. The topological polar surface area (TPSA) is 58.3 Å². The molecule has 0 radical (unpaired) electrons. The molecule has 19 heavy (non-hydrogen) atoms. The molecule has 0 aromatic heterocycles. The summed E-state index contributed by atoms with van der Waals surface area (Å²) in [7, 11) is 0. The maximum absolute atomic E-state index is 13.4. The summed E-state index contributed by atoms with van der Waals surface area (Å²) in [6.45, 7) is 2.52. The van der Waals surface area contributed by atoms with E-state index in [1.54, 1.807) is 0 Å². The molecule has 0 heterocycles. The minimum absolute atomic E-state index is 0.00745. The highest BCUT2D eigenvalue weighted by Gasteiger charge is 2.32. The number of nitrogens with two attached hydrogens (primary N) is 1. The second-order valence-corrected chi connectivity index (χ2v) is 6.04. The molecule has 1 fully saturated rings. The highest BCUT2D eigenvalue weighted by molar-refractivity contribution is 6.31. The van der Waals surface area contributed by atoms with Gasteiger partial charge in [-0.25, -0.2) is 4.39 Å². The number of rotatable bonds is 3. The molecule has 1 aliphatic carbocycles. The van der Waals surface area contributed by atoms with E-state index in [0.717, 1.165) is 25.7 Å². The summed E-state index contributed by atoms with van der Waals surface area (Å²) in [5.41, 5.74) is 5.91. The standard InChI is InChI=1S/C14H20ClFN2O/c1-9-3-2-4-14(19,7-9)8-18-13-6-11(16)10(15)5-12(13)17/h5-6,9,18-19H,2-4,7-8,17H2,1H3. The number of benzene rings is 1. The van der Waals surface area contributed by atoms with E-state index in [4.69, 9.17) is 17.3 Å². The van der Waals surface area contributed by atoms with Crippen LogP contribution in [-0.2, 0) is 0 Å². The van der Waals surface area contributed by atoms with Crippen LogP contribution in [-0.4, -0.2) is 17.3 Å². The predicted molar refractivity (Wildman–Crippen MR) is 76.9 cm³/mol. The number of hydrogen-bond acceptors (Lipinski definition) is 3. The number of nitrogen functional groups attached to an aromatic ring is 1. The summed E-state index contributed by atoms with van der Waals surface area (Å²) in [6, 6.07) is 2.65. The van der Waals surface area contributed by atoms with Crippen LogP contribution in [0.25, 0.3) is 0 Å². The molecule has 0 spiro atoms. The van der Waals surface area contributed by atoms with Gasteiger partial charge in [-0.2, -0.15) is 0 Å². The SMILES string of the molecule is CC1CCCC(O)(CNc2cc(F)c(Cl)cc2N)C1. The molecule has 3 nitrogen and oxygen atoms in total. The molecule has 0 aliphatic heterocycles. The quantitative estimate of drug-likeness (QED) is 0.746. The van der Waals surface area contributed by atoms with Crippen LogP contribution in [0.15, 0.2) is 12.1 Å². The molecular formula is C14H20ClFN2O. The second-order valence-electron chi connectivity index (χ2n) is 5.63. The van der Waals surface area contributed by atoms with Crippen molar-refractivity contribution < 1.29 is 9.50 Å². The van der Waals surface area contributed by atoms with Gasteiger partial charge in [-0.3, -0.25) is 0 Å².